The van der Waals surface area contributed by atoms with Crippen molar-refractivity contribution in [3.05, 3.63) is 98.1 Å². The van der Waals surface area contributed by atoms with E-state index in [-0.39, 0.29) is 24.4 Å². The summed E-state index contributed by atoms with van der Waals surface area (Å²) >= 11 is 0. The lowest BCUT2D eigenvalue weighted by Crippen LogP contribution is -2.43. The molecule has 5 aromatic rings. The summed E-state index contributed by atoms with van der Waals surface area (Å²) in [6.45, 7) is 12.9. The van der Waals surface area contributed by atoms with Gasteiger partial charge in [-0.25, -0.2) is 14.4 Å². The molecule has 0 aromatic carbocycles. The summed E-state index contributed by atoms with van der Waals surface area (Å²) in [5.74, 6) is -0.257. The zero-order chi connectivity index (χ0) is 35.9. The predicted octanol–water partition coefficient (Wildman–Crippen LogP) is 3.36. The van der Waals surface area contributed by atoms with E-state index in [1.165, 1.54) is 0 Å². The Bertz CT molecular complexity index is 2070. The molecule has 7 heterocycles. The Kier molecular flexibility index (Phi) is 13.3. The fourth-order valence-electron chi connectivity index (χ4n) is 6.63. The molecule has 0 aliphatic carbocycles. The number of likely N-dealkylation sites (tertiary alicyclic amines) is 2. The fraction of sp³-hybridized carbons (Fsp3) is 0.500. The molecule has 2 fully saturated rings. The Labute approximate surface area is 304 Å². The Hall–Kier alpha value is -4.50. The molecular formula is C38H52FN11O2. The van der Waals surface area contributed by atoms with Crippen molar-refractivity contribution in [3.8, 4) is 0 Å². The average molecular weight is 714 g/mol. The van der Waals surface area contributed by atoms with Crippen molar-refractivity contribution < 1.29 is 4.39 Å². The van der Waals surface area contributed by atoms with Crippen LogP contribution < -0.4 is 22.2 Å². The highest BCUT2D eigenvalue weighted by Crippen LogP contribution is 2.14. The number of piperidine rings is 2. The van der Waals surface area contributed by atoms with Gasteiger partial charge in [0.05, 0.1) is 17.1 Å². The highest BCUT2D eigenvalue weighted by Gasteiger charge is 2.20. The summed E-state index contributed by atoms with van der Waals surface area (Å²) in [6, 6.07) is 8.88. The van der Waals surface area contributed by atoms with Gasteiger partial charge in [-0.1, -0.05) is 7.43 Å². The second-order valence-electron chi connectivity index (χ2n) is 13.7. The van der Waals surface area contributed by atoms with Crippen molar-refractivity contribution in [2.24, 2.45) is 5.73 Å². The number of nitrogens with zero attached hydrogens (tertiary/aromatic N) is 9. The number of nitrogens with two attached hydrogens (primary N) is 1. The van der Waals surface area contributed by atoms with Crippen LogP contribution in [0.4, 0.5) is 4.39 Å². The molecule has 0 saturated carbocycles. The van der Waals surface area contributed by atoms with Gasteiger partial charge in [-0.3, -0.25) is 33.7 Å². The molecule has 2 aliphatic rings. The molecule has 278 valence electrons. The van der Waals surface area contributed by atoms with E-state index in [0.717, 1.165) is 92.9 Å². The predicted molar refractivity (Wildman–Crippen MR) is 203 cm³/mol. The molecule has 0 radical (unpaired) electrons. The number of hydrogen-bond donors (Lipinski definition) is 2. The lowest BCUT2D eigenvalue weighted by Gasteiger charge is -2.32. The van der Waals surface area contributed by atoms with Crippen molar-refractivity contribution in [2.45, 2.75) is 85.6 Å². The van der Waals surface area contributed by atoms with Crippen LogP contribution in [0.15, 0.2) is 58.5 Å². The van der Waals surface area contributed by atoms with Gasteiger partial charge in [0, 0.05) is 75.5 Å². The molecule has 5 aromatic heterocycles. The number of nitrogens with one attached hydrogen (secondary N) is 1. The minimum absolute atomic E-state index is 0. The maximum Gasteiger partial charge on any atom is 0.252 e. The van der Waals surface area contributed by atoms with E-state index < -0.39 is 0 Å². The van der Waals surface area contributed by atoms with E-state index in [1.54, 1.807) is 65.0 Å². The molecule has 2 aliphatic heterocycles. The largest absolute Gasteiger partial charge is 0.328 e. The fourth-order valence-corrected chi connectivity index (χ4v) is 6.63. The highest BCUT2D eigenvalue weighted by atomic mass is 19.1. The second kappa shape index (κ2) is 17.8. The van der Waals surface area contributed by atoms with Crippen molar-refractivity contribution in [1.82, 2.24) is 49.2 Å². The van der Waals surface area contributed by atoms with Gasteiger partial charge in [-0.05, 0) is 96.4 Å². The number of hydrogen-bond acceptors (Lipinski definition) is 11. The second-order valence-corrected chi connectivity index (χ2v) is 13.7. The third-order valence-corrected chi connectivity index (χ3v) is 9.79. The van der Waals surface area contributed by atoms with Crippen molar-refractivity contribution in [1.29, 1.82) is 0 Å². The number of aromatic nitrogens is 7. The minimum Gasteiger partial charge on any atom is -0.328 e. The molecule has 52 heavy (non-hydrogen) atoms. The van der Waals surface area contributed by atoms with Gasteiger partial charge in [-0.15, -0.1) is 0 Å². The van der Waals surface area contributed by atoms with Crippen LogP contribution in [0.1, 0.15) is 55.8 Å². The maximum atomic E-state index is 13.6. The van der Waals surface area contributed by atoms with E-state index in [4.69, 9.17) is 5.73 Å². The van der Waals surface area contributed by atoms with Crippen LogP contribution in [0.3, 0.4) is 0 Å². The van der Waals surface area contributed by atoms with Crippen LogP contribution >= 0.6 is 0 Å². The first kappa shape index (κ1) is 38.7. The molecule has 7 rings (SSSR count). The summed E-state index contributed by atoms with van der Waals surface area (Å²) in [5.41, 5.74) is 11.6. The van der Waals surface area contributed by atoms with Gasteiger partial charge in [0.2, 0.25) is 0 Å². The van der Waals surface area contributed by atoms with Crippen molar-refractivity contribution in [2.75, 3.05) is 39.3 Å². The number of aryl methyl sites for hydroxylation is 3. The first-order valence-electron chi connectivity index (χ1n) is 17.8. The zero-order valence-corrected chi connectivity index (χ0v) is 29.8. The number of rotatable bonds is 9. The summed E-state index contributed by atoms with van der Waals surface area (Å²) < 4.78 is 17.1. The average Bonchev–Trinajstić information content (AvgIpc) is 3.13. The molecule has 0 atom stereocenters. The molecular weight excluding hydrogens is 661 g/mol. The molecule has 3 N–H and O–H groups in total. The summed E-state index contributed by atoms with van der Waals surface area (Å²) in [6.07, 6.45) is 9.27. The van der Waals surface area contributed by atoms with Gasteiger partial charge in [0.25, 0.3) is 11.1 Å². The Morgan fingerprint density at radius 3 is 1.73 bits per heavy atom. The van der Waals surface area contributed by atoms with Crippen LogP contribution in [-0.2, 0) is 19.6 Å². The zero-order valence-electron chi connectivity index (χ0n) is 29.8. The monoisotopic (exact) mass is 713 g/mol. The Balaban J connectivity index is 0.000000209. The summed E-state index contributed by atoms with van der Waals surface area (Å²) in [4.78, 5) is 51.0. The molecule has 0 bridgehead atoms. The van der Waals surface area contributed by atoms with Gasteiger partial charge >= 0.3 is 0 Å². The lowest BCUT2D eigenvalue weighted by molar-refractivity contribution is 0.191. The van der Waals surface area contributed by atoms with Crippen molar-refractivity contribution in [3.63, 3.8) is 0 Å². The smallest absolute Gasteiger partial charge is 0.252 e. The van der Waals surface area contributed by atoms with E-state index >= 15 is 0 Å². The third kappa shape index (κ3) is 9.88. The normalized spacial score (nSPS) is 16.1. The van der Waals surface area contributed by atoms with E-state index in [1.807, 2.05) is 13.8 Å². The van der Waals surface area contributed by atoms with Crippen LogP contribution in [0.25, 0.3) is 22.3 Å². The quantitative estimate of drug-likeness (QED) is 0.231. The standard InChI is InChI=1S/C22H27FN6O.C15H21N5O.CH4/c1-15-12-26-20-3-4-21(30)29(22(20)27-15)10-9-28-7-5-18(6-8-28)25-14-17-11-19(23)16(2)24-13-17;1-11-10-17-13-2-3-14(21)20(15(13)18-11)9-8-19-6-4-12(16)5-7-19;/h3-4,11-13,18,25H,5-10,14H2,1-2H3;2-3,10,12H,4-9,16H2,1H3;1H4. The molecule has 0 spiro atoms. The molecule has 14 heteroatoms. The maximum absolute atomic E-state index is 13.6. The highest BCUT2D eigenvalue weighted by molar-refractivity contribution is 5.70. The lowest BCUT2D eigenvalue weighted by atomic mass is 10.0. The molecule has 0 unspecified atom stereocenters. The summed E-state index contributed by atoms with van der Waals surface area (Å²) in [7, 11) is 0. The van der Waals surface area contributed by atoms with E-state index in [9.17, 15) is 14.0 Å². The van der Waals surface area contributed by atoms with Crippen LogP contribution in [-0.4, -0.2) is 95.2 Å². The van der Waals surface area contributed by atoms with Gasteiger partial charge in [-0.2, -0.15) is 0 Å². The Morgan fingerprint density at radius 1 is 0.731 bits per heavy atom. The topological polar surface area (TPSA) is 153 Å². The van der Waals surface area contributed by atoms with E-state index in [2.05, 4.69) is 40.0 Å². The summed E-state index contributed by atoms with van der Waals surface area (Å²) in [5, 5.41) is 3.51. The molecule has 13 nitrogen and oxygen atoms in total. The third-order valence-electron chi connectivity index (χ3n) is 9.79. The first-order chi connectivity index (χ1) is 24.6. The molecule has 2 saturated heterocycles. The van der Waals surface area contributed by atoms with Crippen LogP contribution in [0, 0.1) is 26.6 Å². The minimum atomic E-state index is -0.257. The molecule has 0 amide bonds. The first-order valence-corrected chi connectivity index (χ1v) is 17.8. The Morgan fingerprint density at radius 2 is 1.23 bits per heavy atom. The number of fused-ring (bicyclic) bond motifs is 2. The SMILES string of the molecule is C.Cc1cnc2ccc(=O)n(CCN3CCC(N)CC3)c2n1.Cc1cnc2ccc(=O)n(CCN3CCC(NCc4cnc(C)c(F)c4)CC3)c2n1. The van der Waals surface area contributed by atoms with Gasteiger partial charge in [0.1, 0.15) is 16.9 Å². The van der Waals surface area contributed by atoms with Gasteiger partial charge in [0.15, 0.2) is 11.3 Å². The van der Waals surface area contributed by atoms with Gasteiger partial charge < -0.3 is 20.9 Å². The van der Waals surface area contributed by atoms with Crippen LogP contribution in [0.5, 0.6) is 0 Å². The van der Waals surface area contributed by atoms with E-state index in [0.29, 0.717) is 48.7 Å². The van der Waals surface area contributed by atoms with Crippen LogP contribution in [0.2, 0.25) is 0 Å². The number of halogens is 1. The number of pyridine rings is 3. The van der Waals surface area contributed by atoms with Crippen molar-refractivity contribution >= 4 is 22.3 Å².